The molecule has 2 aromatic carbocycles. The molecule has 0 radical (unpaired) electrons. The molecule has 0 saturated carbocycles. The molecular weight excluding hydrogens is 435 g/mol. The summed E-state index contributed by atoms with van der Waals surface area (Å²) in [4.78, 5) is 22.6. The number of halogens is 2. The first-order valence-electron chi connectivity index (χ1n) is 9.89. The first-order valence-corrected chi connectivity index (χ1v) is 10.3. The lowest BCUT2D eigenvalue weighted by Gasteiger charge is -2.26. The van der Waals surface area contributed by atoms with Crippen LogP contribution in [0, 0.1) is 5.82 Å². The summed E-state index contributed by atoms with van der Waals surface area (Å²) in [7, 11) is 3.66. The molecule has 1 amide bonds. The number of carbonyl (C=O) groups is 1. The predicted molar refractivity (Wildman–Crippen MR) is 122 cm³/mol. The quantitative estimate of drug-likeness (QED) is 0.517. The second-order valence-corrected chi connectivity index (χ2v) is 7.89. The normalized spacial score (nSPS) is 13.4. The third-order valence-electron chi connectivity index (χ3n) is 5.23. The van der Waals surface area contributed by atoms with Crippen molar-refractivity contribution >= 4 is 40.6 Å². The van der Waals surface area contributed by atoms with E-state index in [1.807, 2.05) is 12.1 Å². The Kier molecular flexibility index (Phi) is 6.11. The first-order chi connectivity index (χ1) is 15.4. The van der Waals surface area contributed by atoms with E-state index in [0.717, 1.165) is 19.5 Å². The molecule has 0 spiro atoms. The van der Waals surface area contributed by atoms with Gasteiger partial charge in [-0.2, -0.15) is 4.98 Å². The summed E-state index contributed by atoms with van der Waals surface area (Å²) in [6.45, 7) is 1.80. The number of hydrogen-bond donors (Lipinski definition) is 3. The molecule has 32 heavy (non-hydrogen) atoms. The Morgan fingerprint density at radius 3 is 2.81 bits per heavy atom. The molecule has 0 aliphatic carbocycles. The molecule has 4 N–H and O–H groups in total. The van der Waals surface area contributed by atoms with Gasteiger partial charge in [-0.25, -0.2) is 9.37 Å². The number of aromatic nitrogens is 2. The summed E-state index contributed by atoms with van der Waals surface area (Å²) >= 11 is 5.85. The van der Waals surface area contributed by atoms with Gasteiger partial charge < -0.3 is 26.0 Å². The minimum absolute atomic E-state index is 0.00829. The number of primary amides is 1. The maximum atomic E-state index is 14.4. The van der Waals surface area contributed by atoms with Crippen LogP contribution in [-0.2, 0) is 13.0 Å². The van der Waals surface area contributed by atoms with Gasteiger partial charge in [-0.1, -0.05) is 17.7 Å². The summed E-state index contributed by atoms with van der Waals surface area (Å²) < 4.78 is 19.9. The van der Waals surface area contributed by atoms with Gasteiger partial charge in [0.05, 0.1) is 23.5 Å². The van der Waals surface area contributed by atoms with Crippen LogP contribution in [0.5, 0.6) is 5.75 Å². The summed E-state index contributed by atoms with van der Waals surface area (Å²) in [5, 5.41) is 5.85. The van der Waals surface area contributed by atoms with E-state index in [1.54, 1.807) is 13.2 Å². The Labute approximate surface area is 189 Å². The molecule has 4 rings (SSSR count). The minimum Gasteiger partial charge on any atom is -0.495 e. The minimum atomic E-state index is -0.754. The Bertz CT molecular complexity index is 1190. The zero-order valence-electron chi connectivity index (χ0n) is 17.6. The van der Waals surface area contributed by atoms with Crippen LogP contribution in [-0.4, -0.2) is 41.5 Å². The molecule has 3 aromatic rings. The third-order valence-corrected chi connectivity index (χ3v) is 5.52. The average Bonchev–Trinajstić information content (AvgIpc) is 2.76. The van der Waals surface area contributed by atoms with Crippen molar-refractivity contribution in [3.63, 3.8) is 0 Å². The Morgan fingerprint density at radius 1 is 1.25 bits per heavy atom. The van der Waals surface area contributed by atoms with Crippen molar-refractivity contribution in [3.05, 3.63) is 64.1 Å². The molecule has 1 aliphatic heterocycles. The van der Waals surface area contributed by atoms with E-state index in [2.05, 4.69) is 32.5 Å². The second kappa shape index (κ2) is 8.97. The van der Waals surface area contributed by atoms with Gasteiger partial charge in [0, 0.05) is 19.3 Å². The van der Waals surface area contributed by atoms with Gasteiger partial charge in [0.2, 0.25) is 5.95 Å². The van der Waals surface area contributed by atoms with Gasteiger partial charge >= 0.3 is 0 Å². The highest BCUT2D eigenvalue weighted by Crippen LogP contribution is 2.33. The number of nitrogens with two attached hydrogens (primary N) is 1. The fraction of sp³-hybridized carbons (Fsp3) is 0.227. The highest BCUT2D eigenvalue weighted by Gasteiger charge is 2.19. The standard InChI is InChI=1S/C22H22ClFN6O2/c1-30-7-6-12-9-18(32-2)17(8-13(12)11-30)28-22-26-10-14(20(25)31)21(29-22)27-16-5-3-4-15(23)19(16)24/h3-5,8-10H,6-7,11H2,1-2H3,(H2,25,31)(H2,26,27,28,29). The Hall–Kier alpha value is -3.43. The molecule has 8 nitrogen and oxygen atoms in total. The van der Waals surface area contributed by atoms with E-state index in [9.17, 15) is 9.18 Å². The van der Waals surface area contributed by atoms with E-state index in [1.165, 1.54) is 29.5 Å². The van der Waals surface area contributed by atoms with Crippen LogP contribution < -0.4 is 21.1 Å². The van der Waals surface area contributed by atoms with E-state index >= 15 is 0 Å². The van der Waals surface area contributed by atoms with Gasteiger partial charge in [0.25, 0.3) is 5.91 Å². The molecular formula is C22H22ClFN6O2. The maximum Gasteiger partial charge on any atom is 0.254 e. The first kappa shape index (κ1) is 21.8. The highest BCUT2D eigenvalue weighted by molar-refractivity contribution is 6.31. The summed E-state index contributed by atoms with van der Waals surface area (Å²) in [6.07, 6.45) is 2.21. The molecule has 1 aliphatic rings. The van der Waals surface area contributed by atoms with Crippen molar-refractivity contribution in [2.24, 2.45) is 5.73 Å². The van der Waals surface area contributed by atoms with Crippen molar-refractivity contribution < 1.29 is 13.9 Å². The largest absolute Gasteiger partial charge is 0.495 e. The number of hydrogen-bond acceptors (Lipinski definition) is 7. The lowest BCUT2D eigenvalue weighted by atomic mass is 9.99. The smallest absolute Gasteiger partial charge is 0.254 e. The number of anilines is 4. The molecule has 0 saturated heterocycles. The van der Waals surface area contributed by atoms with Gasteiger partial charge in [0.15, 0.2) is 5.82 Å². The number of rotatable bonds is 6. The van der Waals surface area contributed by atoms with Crippen molar-refractivity contribution in [3.8, 4) is 5.75 Å². The summed E-state index contributed by atoms with van der Waals surface area (Å²) in [5.74, 6) is -0.546. The number of methoxy groups -OCH3 is 1. The highest BCUT2D eigenvalue weighted by atomic mass is 35.5. The Balaban J connectivity index is 1.69. The van der Waals surface area contributed by atoms with Crippen LogP contribution >= 0.6 is 11.6 Å². The van der Waals surface area contributed by atoms with E-state index in [-0.39, 0.29) is 28.0 Å². The number of nitrogens with one attached hydrogen (secondary N) is 2. The molecule has 10 heteroatoms. The van der Waals surface area contributed by atoms with Crippen LogP contribution in [0.4, 0.5) is 27.5 Å². The number of fused-ring (bicyclic) bond motifs is 1. The second-order valence-electron chi connectivity index (χ2n) is 7.48. The lowest BCUT2D eigenvalue weighted by Crippen LogP contribution is -2.26. The number of ether oxygens (including phenoxy) is 1. The zero-order valence-corrected chi connectivity index (χ0v) is 18.3. The van der Waals surface area contributed by atoms with E-state index in [4.69, 9.17) is 22.1 Å². The lowest BCUT2D eigenvalue weighted by molar-refractivity contribution is 0.100. The van der Waals surface area contributed by atoms with Crippen LogP contribution in [0.3, 0.4) is 0 Å². The molecule has 1 aromatic heterocycles. The monoisotopic (exact) mass is 456 g/mol. The van der Waals surface area contributed by atoms with Gasteiger partial charge in [-0.3, -0.25) is 4.79 Å². The summed E-state index contributed by atoms with van der Waals surface area (Å²) in [5.41, 5.74) is 8.59. The molecule has 0 unspecified atom stereocenters. The summed E-state index contributed by atoms with van der Waals surface area (Å²) in [6, 6.07) is 8.48. The van der Waals surface area contributed by atoms with Crippen LogP contribution in [0.25, 0.3) is 0 Å². The zero-order chi connectivity index (χ0) is 22.8. The number of benzene rings is 2. The number of likely N-dealkylation sites (N-methyl/N-ethyl adjacent to an activating group) is 1. The molecule has 0 fully saturated rings. The van der Waals surface area contributed by atoms with Gasteiger partial charge in [-0.05, 0) is 48.9 Å². The average molecular weight is 457 g/mol. The molecule has 0 bridgehead atoms. The van der Waals surface area contributed by atoms with E-state index in [0.29, 0.717) is 11.4 Å². The van der Waals surface area contributed by atoms with Crippen molar-refractivity contribution in [1.82, 2.24) is 14.9 Å². The van der Waals surface area contributed by atoms with Crippen molar-refractivity contribution in [2.45, 2.75) is 13.0 Å². The third kappa shape index (κ3) is 4.44. The van der Waals surface area contributed by atoms with Gasteiger partial charge in [0.1, 0.15) is 17.1 Å². The van der Waals surface area contributed by atoms with Crippen LogP contribution in [0.1, 0.15) is 21.5 Å². The molecule has 166 valence electrons. The topological polar surface area (TPSA) is 105 Å². The van der Waals surface area contributed by atoms with Crippen molar-refractivity contribution in [1.29, 1.82) is 0 Å². The fourth-order valence-electron chi connectivity index (χ4n) is 3.56. The maximum absolute atomic E-state index is 14.4. The SMILES string of the molecule is COc1cc2c(cc1Nc1ncc(C(N)=O)c(Nc3cccc(Cl)c3F)n1)CN(C)CC2. The number of nitrogens with zero attached hydrogens (tertiary/aromatic N) is 3. The van der Waals surface area contributed by atoms with E-state index < -0.39 is 11.7 Å². The number of carbonyl (C=O) groups excluding carboxylic acids is 1. The fourth-order valence-corrected chi connectivity index (χ4v) is 3.73. The van der Waals surface area contributed by atoms with Gasteiger partial charge in [-0.15, -0.1) is 0 Å². The van der Waals surface area contributed by atoms with Crippen LogP contribution in [0.15, 0.2) is 36.5 Å². The van der Waals surface area contributed by atoms with Crippen molar-refractivity contribution in [2.75, 3.05) is 31.3 Å². The predicted octanol–water partition coefficient (Wildman–Crippen LogP) is 3.85. The molecule has 0 atom stereocenters. The molecule has 2 heterocycles. The number of amides is 1. The Morgan fingerprint density at radius 2 is 2.06 bits per heavy atom. The van der Waals surface area contributed by atoms with Crippen LogP contribution in [0.2, 0.25) is 5.02 Å².